The molecule has 0 amide bonds. The molecule has 0 aliphatic rings. The van der Waals surface area contributed by atoms with E-state index in [1.54, 1.807) is 7.05 Å². The number of rotatable bonds is 3. The van der Waals surface area contributed by atoms with Gasteiger partial charge in [-0.25, -0.2) is 4.98 Å². The molecular weight excluding hydrogens is 325 g/mol. The maximum Gasteiger partial charge on any atom is 0.417 e. The van der Waals surface area contributed by atoms with E-state index < -0.39 is 11.7 Å². The van der Waals surface area contributed by atoms with Gasteiger partial charge in [0.25, 0.3) is 0 Å². The van der Waals surface area contributed by atoms with Gasteiger partial charge in [0.05, 0.1) is 11.3 Å². The van der Waals surface area contributed by atoms with Crippen molar-refractivity contribution in [1.82, 2.24) is 10.3 Å². The minimum atomic E-state index is -4.46. The quantitative estimate of drug-likeness (QED) is 0.926. The predicted molar refractivity (Wildman–Crippen MR) is 67.4 cm³/mol. The molecule has 0 radical (unpaired) electrons. The van der Waals surface area contributed by atoms with Crippen molar-refractivity contribution in [2.45, 2.75) is 12.7 Å². The van der Waals surface area contributed by atoms with E-state index in [4.69, 9.17) is 4.42 Å². The smallest absolute Gasteiger partial charge is 0.417 e. The molecule has 0 aliphatic heterocycles. The van der Waals surface area contributed by atoms with Gasteiger partial charge in [-0.15, -0.1) is 0 Å². The Kier molecular flexibility index (Phi) is 3.96. The molecule has 102 valence electrons. The highest BCUT2D eigenvalue weighted by Crippen LogP contribution is 2.38. The number of nitrogens with one attached hydrogen (secondary N) is 1. The van der Waals surface area contributed by atoms with Crippen LogP contribution in [-0.2, 0) is 12.7 Å². The van der Waals surface area contributed by atoms with Crippen molar-refractivity contribution in [2.24, 2.45) is 0 Å². The summed E-state index contributed by atoms with van der Waals surface area (Å²) >= 11 is 3.03. The second-order valence-corrected chi connectivity index (χ2v) is 4.78. The topological polar surface area (TPSA) is 38.1 Å². The van der Waals surface area contributed by atoms with Crippen molar-refractivity contribution >= 4 is 15.9 Å². The summed E-state index contributed by atoms with van der Waals surface area (Å²) in [4.78, 5) is 4.03. The second kappa shape index (κ2) is 5.34. The van der Waals surface area contributed by atoms with Gasteiger partial charge >= 0.3 is 6.18 Å². The van der Waals surface area contributed by atoms with Crippen molar-refractivity contribution in [3.05, 3.63) is 40.2 Å². The van der Waals surface area contributed by atoms with Crippen molar-refractivity contribution in [2.75, 3.05) is 7.05 Å². The van der Waals surface area contributed by atoms with E-state index in [1.807, 2.05) is 0 Å². The van der Waals surface area contributed by atoms with Crippen LogP contribution in [0.5, 0.6) is 0 Å². The first kappa shape index (κ1) is 14.1. The largest absolute Gasteiger partial charge is 0.444 e. The first-order valence-corrected chi connectivity index (χ1v) is 6.17. The van der Waals surface area contributed by atoms with Gasteiger partial charge in [0, 0.05) is 16.6 Å². The predicted octanol–water partition coefficient (Wildman–Crippen LogP) is 3.84. The van der Waals surface area contributed by atoms with E-state index in [0.717, 1.165) is 6.07 Å². The maximum absolute atomic E-state index is 13.0. The number of oxazole rings is 1. The molecule has 0 saturated heterocycles. The van der Waals surface area contributed by atoms with E-state index in [2.05, 4.69) is 26.2 Å². The molecule has 0 atom stereocenters. The van der Waals surface area contributed by atoms with E-state index in [9.17, 15) is 13.2 Å². The van der Waals surface area contributed by atoms with Crippen LogP contribution in [0.2, 0.25) is 0 Å². The first-order chi connectivity index (χ1) is 8.91. The molecule has 1 aromatic carbocycles. The van der Waals surface area contributed by atoms with Crippen molar-refractivity contribution in [1.29, 1.82) is 0 Å². The summed E-state index contributed by atoms with van der Waals surface area (Å²) in [6.07, 6.45) is -3.12. The Hall–Kier alpha value is -1.34. The molecule has 3 nitrogen and oxygen atoms in total. The van der Waals surface area contributed by atoms with Crippen molar-refractivity contribution < 1.29 is 17.6 Å². The third-order valence-electron chi connectivity index (χ3n) is 2.43. The lowest BCUT2D eigenvalue weighted by atomic mass is 10.1. The zero-order valence-electron chi connectivity index (χ0n) is 9.88. The fraction of sp³-hybridized carbons (Fsp3) is 0.250. The molecule has 0 fully saturated rings. The summed E-state index contributed by atoms with van der Waals surface area (Å²) < 4.78 is 44.4. The van der Waals surface area contributed by atoms with Crippen LogP contribution in [0.3, 0.4) is 0 Å². The van der Waals surface area contributed by atoms with Gasteiger partial charge in [-0.2, -0.15) is 13.2 Å². The van der Waals surface area contributed by atoms with Crippen LogP contribution in [0.25, 0.3) is 11.5 Å². The maximum atomic E-state index is 13.0. The minimum Gasteiger partial charge on any atom is -0.444 e. The summed E-state index contributed by atoms with van der Waals surface area (Å²) in [6.45, 7) is 0.432. The van der Waals surface area contributed by atoms with Gasteiger partial charge in [0.15, 0.2) is 0 Å². The van der Waals surface area contributed by atoms with E-state index >= 15 is 0 Å². The number of aromatic nitrogens is 1. The minimum absolute atomic E-state index is 0.0370. The molecule has 0 spiro atoms. The molecule has 0 bridgehead atoms. The molecule has 1 N–H and O–H groups in total. The summed E-state index contributed by atoms with van der Waals surface area (Å²) in [7, 11) is 1.72. The SMILES string of the molecule is CNCc1coc(-c2ccc(Br)cc2C(F)(F)F)n1. The lowest BCUT2D eigenvalue weighted by Crippen LogP contribution is -2.08. The average Bonchev–Trinajstić information content (AvgIpc) is 2.77. The molecule has 0 unspecified atom stereocenters. The third-order valence-corrected chi connectivity index (χ3v) is 2.92. The van der Waals surface area contributed by atoms with Gasteiger partial charge in [0.2, 0.25) is 5.89 Å². The summed E-state index contributed by atoms with van der Waals surface area (Å²) in [5.41, 5.74) is -0.300. The van der Waals surface area contributed by atoms with E-state index in [0.29, 0.717) is 16.7 Å². The van der Waals surface area contributed by atoms with Crippen LogP contribution in [0.15, 0.2) is 33.4 Å². The molecule has 1 heterocycles. The van der Waals surface area contributed by atoms with Gasteiger partial charge < -0.3 is 9.73 Å². The normalized spacial score (nSPS) is 11.8. The molecule has 2 rings (SSSR count). The highest BCUT2D eigenvalue weighted by Gasteiger charge is 2.35. The fourth-order valence-corrected chi connectivity index (χ4v) is 1.99. The summed E-state index contributed by atoms with van der Waals surface area (Å²) in [5, 5.41) is 2.85. The number of alkyl halides is 3. The van der Waals surface area contributed by atoms with Gasteiger partial charge in [0.1, 0.15) is 6.26 Å². The van der Waals surface area contributed by atoms with Crippen LogP contribution in [0.1, 0.15) is 11.3 Å². The van der Waals surface area contributed by atoms with Crippen LogP contribution < -0.4 is 5.32 Å². The Balaban J connectivity index is 2.48. The molecule has 7 heteroatoms. The van der Waals surface area contributed by atoms with E-state index in [1.165, 1.54) is 18.4 Å². The van der Waals surface area contributed by atoms with Crippen LogP contribution in [-0.4, -0.2) is 12.0 Å². The van der Waals surface area contributed by atoms with Gasteiger partial charge in [-0.05, 0) is 25.2 Å². The van der Waals surface area contributed by atoms with Crippen LogP contribution in [0.4, 0.5) is 13.2 Å². The van der Waals surface area contributed by atoms with Crippen LogP contribution >= 0.6 is 15.9 Å². The lowest BCUT2D eigenvalue weighted by molar-refractivity contribution is -0.137. The molecule has 2 aromatic rings. The van der Waals surface area contributed by atoms with Crippen LogP contribution in [0, 0.1) is 0 Å². The second-order valence-electron chi connectivity index (χ2n) is 3.86. The fourth-order valence-electron chi connectivity index (χ4n) is 1.63. The Morgan fingerprint density at radius 1 is 1.37 bits per heavy atom. The Morgan fingerprint density at radius 3 is 2.74 bits per heavy atom. The molecule has 19 heavy (non-hydrogen) atoms. The number of nitrogens with zero attached hydrogens (tertiary/aromatic N) is 1. The van der Waals surface area contributed by atoms with Gasteiger partial charge in [-0.3, -0.25) is 0 Å². The first-order valence-electron chi connectivity index (χ1n) is 5.38. The van der Waals surface area contributed by atoms with Crippen molar-refractivity contribution in [3.8, 4) is 11.5 Å². The van der Waals surface area contributed by atoms with E-state index in [-0.39, 0.29) is 11.5 Å². The third kappa shape index (κ3) is 3.16. The highest BCUT2D eigenvalue weighted by atomic mass is 79.9. The zero-order valence-corrected chi connectivity index (χ0v) is 11.5. The molecule has 0 aliphatic carbocycles. The lowest BCUT2D eigenvalue weighted by Gasteiger charge is -2.10. The standard InChI is InChI=1S/C12H10BrF3N2O/c1-17-5-8-6-19-11(18-8)9-3-2-7(13)4-10(9)12(14,15)16/h2-4,6,17H,5H2,1H3. The Morgan fingerprint density at radius 2 is 2.11 bits per heavy atom. The summed E-state index contributed by atoms with van der Waals surface area (Å²) in [6, 6.07) is 3.87. The Labute approximate surface area is 116 Å². The average molecular weight is 335 g/mol. The number of halogens is 4. The number of hydrogen-bond acceptors (Lipinski definition) is 3. The monoisotopic (exact) mass is 334 g/mol. The summed E-state index contributed by atoms with van der Waals surface area (Å²) in [5.74, 6) is -0.0370. The van der Waals surface area contributed by atoms with Gasteiger partial charge in [-0.1, -0.05) is 15.9 Å². The molecular formula is C12H10BrF3N2O. The molecule has 0 saturated carbocycles. The highest BCUT2D eigenvalue weighted by molar-refractivity contribution is 9.10. The number of hydrogen-bond donors (Lipinski definition) is 1. The number of benzene rings is 1. The molecule has 1 aromatic heterocycles. The Bertz CT molecular complexity index is 581. The van der Waals surface area contributed by atoms with Crippen molar-refractivity contribution in [3.63, 3.8) is 0 Å². The zero-order chi connectivity index (χ0) is 14.0.